The van der Waals surface area contributed by atoms with E-state index in [2.05, 4.69) is 95.5 Å². The number of carbonyl (C=O) groups is 2. The number of nitrogens with zero attached hydrogens (tertiary/aromatic N) is 3. The molecular weight excluding hydrogens is 691 g/mol. The second-order valence-electron chi connectivity index (χ2n) is 15.4. The highest BCUT2D eigenvalue weighted by molar-refractivity contribution is 7.98. The van der Waals surface area contributed by atoms with Crippen LogP contribution in [0.3, 0.4) is 0 Å². The maximum absolute atomic E-state index is 16.0. The third-order valence-electron chi connectivity index (χ3n) is 11.9. The number of benzene rings is 4. The average molecular weight is 748 g/mol. The van der Waals surface area contributed by atoms with Crippen molar-refractivity contribution in [3.8, 4) is 0 Å². The minimum Gasteiger partial charge on any atom is -0.379 e. The number of carbonyl (C=O) groups excluding carboxylic acids is 2. The Labute approximate surface area is 327 Å². The molecule has 8 heteroatoms. The van der Waals surface area contributed by atoms with E-state index in [0.29, 0.717) is 44.8 Å². The zero-order valence-corrected chi connectivity index (χ0v) is 33.5. The molecule has 6 rings (SSSR count). The molecule has 0 bridgehead atoms. The Kier molecular flexibility index (Phi) is 13.5. The lowest BCUT2D eigenvalue weighted by atomic mass is 9.66. The Bertz CT molecular complexity index is 1790. The van der Waals surface area contributed by atoms with Gasteiger partial charge >= 0.3 is 0 Å². The molecule has 0 N–H and O–H groups in total. The van der Waals surface area contributed by atoms with Gasteiger partial charge in [0.1, 0.15) is 0 Å². The van der Waals surface area contributed by atoms with Gasteiger partial charge in [-0.25, -0.2) is 0 Å². The molecule has 286 valence electrons. The molecule has 2 aliphatic heterocycles. The fraction of sp³-hybridized carbons (Fsp3) is 0.435. The van der Waals surface area contributed by atoms with E-state index in [-0.39, 0.29) is 29.4 Å². The summed E-state index contributed by atoms with van der Waals surface area (Å²) in [7, 11) is 4.05. The van der Waals surface area contributed by atoms with Crippen LogP contribution >= 0.6 is 11.8 Å². The summed E-state index contributed by atoms with van der Waals surface area (Å²) in [4.78, 5) is 38.5. The van der Waals surface area contributed by atoms with Crippen molar-refractivity contribution in [1.29, 1.82) is 0 Å². The molecule has 0 spiro atoms. The van der Waals surface area contributed by atoms with Crippen molar-refractivity contribution in [2.45, 2.75) is 60.9 Å². The number of hydrogen-bond acceptors (Lipinski definition) is 8. The molecule has 3 atom stereocenters. The van der Waals surface area contributed by atoms with Crippen molar-refractivity contribution in [3.63, 3.8) is 0 Å². The van der Waals surface area contributed by atoms with Crippen LogP contribution in [-0.2, 0) is 20.7 Å². The molecule has 4 aromatic carbocycles. The molecule has 2 saturated heterocycles. The van der Waals surface area contributed by atoms with E-state index < -0.39 is 11.5 Å². The topological polar surface area (TPSA) is 62.3 Å². The summed E-state index contributed by atoms with van der Waals surface area (Å²) in [5.41, 5.74) is 3.59. The second kappa shape index (κ2) is 18.2. The first-order valence-corrected chi connectivity index (χ1v) is 20.6. The van der Waals surface area contributed by atoms with Gasteiger partial charge in [0.05, 0.1) is 32.0 Å². The Morgan fingerprint density at radius 1 is 0.704 bits per heavy atom. The van der Waals surface area contributed by atoms with Crippen LogP contribution in [0.25, 0.3) is 0 Å². The molecular formula is C46H57N3O4S. The van der Waals surface area contributed by atoms with E-state index in [0.717, 1.165) is 48.6 Å². The summed E-state index contributed by atoms with van der Waals surface area (Å²) in [6.07, 6.45) is 3.06. The number of hydrogen-bond donors (Lipinski definition) is 0. The van der Waals surface area contributed by atoms with E-state index in [1.807, 2.05) is 62.6 Å². The van der Waals surface area contributed by atoms with Crippen molar-refractivity contribution < 1.29 is 19.1 Å². The zero-order chi connectivity index (χ0) is 38.1. The van der Waals surface area contributed by atoms with Gasteiger partial charge in [-0.15, -0.1) is 11.8 Å². The molecule has 0 aliphatic carbocycles. The van der Waals surface area contributed by atoms with Crippen LogP contribution in [-0.4, -0.2) is 105 Å². The first kappa shape index (κ1) is 39.9. The molecule has 7 nitrogen and oxygen atoms in total. The summed E-state index contributed by atoms with van der Waals surface area (Å²) in [6.45, 7) is 10.6. The number of likely N-dealkylation sites (N-methyl/N-ethyl adjacent to an activating group) is 1. The molecule has 0 radical (unpaired) electrons. The lowest BCUT2D eigenvalue weighted by Crippen LogP contribution is -2.59. The molecule has 2 aliphatic rings. The Morgan fingerprint density at radius 2 is 1.24 bits per heavy atom. The van der Waals surface area contributed by atoms with Crippen LogP contribution in [0.1, 0.15) is 65.6 Å². The average Bonchev–Trinajstić information content (AvgIpc) is 3.22. The van der Waals surface area contributed by atoms with E-state index in [1.54, 1.807) is 11.8 Å². The number of thioether (sulfide) groups is 1. The van der Waals surface area contributed by atoms with E-state index >= 15 is 4.79 Å². The van der Waals surface area contributed by atoms with Crippen molar-refractivity contribution in [2.75, 3.05) is 77.9 Å². The first-order valence-electron chi connectivity index (χ1n) is 19.4. The zero-order valence-electron chi connectivity index (χ0n) is 32.7. The highest BCUT2D eigenvalue weighted by atomic mass is 32.2. The largest absolute Gasteiger partial charge is 0.379 e. The van der Waals surface area contributed by atoms with Gasteiger partial charge in [0.2, 0.25) is 0 Å². The summed E-state index contributed by atoms with van der Waals surface area (Å²) in [5, 5.41) is 0. The number of ether oxygens (including phenoxy) is 2. The summed E-state index contributed by atoms with van der Waals surface area (Å²) < 4.78 is 11.4. The number of morpholine rings is 2. The molecule has 0 saturated carbocycles. The predicted octanol–water partition coefficient (Wildman–Crippen LogP) is 8.00. The van der Waals surface area contributed by atoms with Crippen LogP contribution in [0.5, 0.6) is 0 Å². The van der Waals surface area contributed by atoms with Crippen LogP contribution in [0, 0.1) is 0 Å². The van der Waals surface area contributed by atoms with Gasteiger partial charge in [-0.2, -0.15) is 0 Å². The van der Waals surface area contributed by atoms with Gasteiger partial charge in [-0.05, 0) is 81.6 Å². The van der Waals surface area contributed by atoms with E-state index in [9.17, 15) is 4.79 Å². The van der Waals surface area contributed by atoms with Gasteiger partial charge in [0.15, 0.2) is 11.6 Å². The third kappa shape index (κ3) is 9.01. The Hall–Kier alpha value is -3.79. The van der Waals surface area contributed by atoms with Crippen LogP contribution in [0.4, 0.5) is 5.69 Å². The smallest absolute Gasteiger partial charge is 0.163 e. The molecule has 2 heterocycles. The SMILES string of the molecule is CSc1ccc(C(CC(=O)C(Cc2ccccc2)(C(CC(=O)c2ccccc2)c2ccc(N3CCOCC3)cc2)N(C)C)C(C)(C)N2CCOCC2)cc1. The van der Waals surface area contributed by atoms with Crippen molar-refractivity contribution in [3.05, 3.63) is 131 Å². The minimum atomic E-state index is -1.05. The summed E-state index contributed by atoms with van der Waals surface area (Å²) in [5.74, 6) is -0.372. The number of rotatable bonds is 16. The van der Waals surface area contributed by atoms with Crippen molar-refractivity contribution in [1.82, 2.24) is 9.80 Å². The first-order chi connectivity index (χ1) is 26.1. The highest BCUT2D eigenvalue weighted by Gasteiger charge is 2.51. The van der Waals surface area contributed by atoms with E-state index in [1.165, 1.54) is 4.90 Å². The predicted molar refractivity (Wildman–Crippen MR) is 221 cm³/mol. The monoisotopic (exact) mass is 747 g/mol. The molecule has 2 fully saturated rings. The molecule has 0 amide bonds. The van der Waals surface area contributed by atoms with Crippen LogP contribution < -0.4 is 4.90 Å². The number of Topliss-reactive ketones (excluding diaryl/α,β-unsaturated/α-hetero) is 2. The fourth-order valence-electron chi connectivity index (χ4n) is 8.60. The van der Waals surface area contributed by atoms with Crippen LogP contribution in [0.15, 0.2) is 114 Å². The van der Waals surface area contributed by atoms with Crippen LogP contribution in [0.2, 0.25) is 0 Å². The molecule has 4 aromatic rings. The maximum Gasteiger partial charge on any atom is 0.163 e. The number of anilines is 1. The minimum absolute atomic E-state index is 0.0304. The standard InChI is InChI=1S/C46H57N3O4S/c1-45(2,49-26-30-53-31-27-49)41(36-18-22-40(54-5)23-19-36)33-44(51)46(47(3)4,34-35-12-8-6-9-13-35)42(32-43(50)38-14-10-7-11-15-38)37-16-20-39(21-17-37)48-24-28-52-29-25-48/h6-23,41-42H,24-34H2,1-5H3. The van der Waals surface area contributed by atoms with Gasteiger partial charge in [-0.3, -0.25) is 19.4 Å². The van der Waals surface area contributed by atoms with Gasteiger partial charge in [0.25, 0.3) is 0 Å². The van der Waals surface area contributed by atoms with Gasteiger partial charge < -0.3 is 14.4 Å². The second-order valence-corrected chi connectivity index (χ2v) is 16.3. The van der Waals surface area contributed by atoms with Crippen molar-refractivity contribution in [2.24, 2.45) is 0 Å². The lowest BCUT2D eigenvalue weighted by Gasteiger charge is -2.49. The third-order valence-corrected chi connectivity index (χ3v) is 12.7. The molecule has 3 unspecified atom stereocenters. The Morgan fingerprint density at radius 3 is 1.81 bits per heavy atom. The molecule has 0 aromatic heterocycles. The summed E-state index contributed by atoms with van der Waals surface area (Å²) >= 11 is 1.72. The van der Waals surface area contributed by atoms with Gasteiger partial charge in [0, 0.05) is 72.5 Å². The van der Waals surface area contributed by atoms with E-state index in [4.69, 9.17) is 9.47 Å². The lowest BCUT2D eigenvalue weighted by molar-refractivity contribution is -0.133. The number of ketones is 2. The molecule has 54 heavy (non-hydrogen) atoms. The quantitative estimate of drug-likeness (QED) is 0.0845. The Balaban J connectivity index is 1.49. The maximum atomic E-state index is 16.0. The van der Waals surface area contributed by atoms with Crippen molar-refractivity contribution >= 4 is 29.0 Å². The fourth-order valence-corrected chi connectivity index (χ4v) is 9.01. The van der Waals surface area contributed by atoms with Gasteiger partial charge in [-0.1, -0.05) is 84.9 Å². The summed E-state index contributed by atoms with van der Waals surface area (Å²) in [6, 6.07) is 37.2. The normalized spacial score (nSPS) is 17.9. The highest BCUT2D eigenvalue weighted by Crippen LogP contribution is 2.45.